The number of hydrogen-bond donors (Lipinski definition) is 2. The lowest BCUT2D eigenvalue weighted by atomic mass is 9.97. The van der Waals surface area contributed by atoms with Gasteiger partial charge in [0, 0.05) is 29.6 Å². The van der Waals surface area contributed by atoms with E-state index in [2.05, 4.69) is 15.8 Å². The van der Waals surface area contributed by atoms with Crippen LogP contribution in [0.1, 0.15) is 36.8 Å². The number of amides is 2. The van der Waals surface area contributed by atoms with E-state index in [1.807, 2.05) is 4.90 Å². The van der Waals surface area contributed by atoms with Crippen LogP contribution in [-0.2, 0) is 4.74 Å². The lowest BCUT2D eigenvalue weighted by molar-refractivity contribution is 0.0842. The van der Waals surface area contributed by atoms with Gasteiger partial charge in [-0.15, -0.1) is 11.3 Å². The number of ketones is 1. The summed E-state index contributed by atoms with van der Waals surface area (Å²) in [6, 6.07) is 11.3. The molecule has 35 heavy (non-hydrogen) atoms. The first-order chi connectivity index (χ1) is 17.1. The molecule has 0 aliphatic carbocycles. The smallest absolute Gasteiger partial charge is 0.289 e. The summed E-state index contributed by atoms with van der Waals surface area (Å²) in [5.74, 6) is -0.474. The normalized spacial score (nSPS) is 14.8. The summed E-state index contributed by atoms with van der Waals surface area (Å²) in [4.78, 5) is 45.0. The highest BCUT2D eigenvalue weighted by atomic mass is 32.1. The van der Waals surface area contributed by atoms with Gasteiger partial charge in [0.2, 0.25) is 0 Å². The molecule has 2 N–H and O–H groups in total. The molecule has 0 spiro atoms. The van der Waals surface area contributed by atoms with Gasteiger partial charge in [0.1, 0.15) is 18.9 Å². The fraction of sp³-hybridized carbons (Fsp3) is 0.250. The molecule has 3 heterocycles. The Balaban J connectivity index is 1.26. The summed E-state index contributed by atoms with van der Waals surface area (Å²) in [5, 5.41) is 2.35. The molecule has 0 saturated carbocycles. The lowest BCUT2D eigenvalue weighted by Crippen LogP contribution is -2.42. The predicted octanol–water partition coefficient (Wildman–Crippen LogP) is 2.06. The third-order valence-electron chi connectivity index (χ3n) is 5.52. The highest BCUT2D eigenvalue weighted by Crippen LogP contribution is 2.31. The van der Waals surface area contributed by atoms with Crippen LogP contribution in [0, 0.1) is 0 Å². The number of benzene rings is 2. The Bertz CT molecular complexity index is 1270. The van der Waals surface area contributed by atoms with Gasteiger partial charge in [-0.3, -0.25) is 25.2 Å². The minimum atomic E-state index is -0.622. The Morgan fingerprint density at radius 1 is 0.857 bits per heavy atom. The number of ether oxygens (including phenoxy) is 3. The first-order valence-corrected chi connectivity index (χ1v) is 11.9. The molecule has 5 rings (SSSR count). The van der Waals surface area contributed by atoms with E-state index in [0.717, 1.165) is 5.13 Å². The number of thiazole rings is 1. The number of hydrogen-bond acceptors (Lipinski definition) is 9. The number of morpholine rings is 1. The Hall–Kier alpha value is -3.96. The monoisotopic (exact) mass is 494 g/mol. The van der Waals surface area contributed by atoms with Crippen molar-refractivity contribution in [1.29, 1.82) is 0 Å². The van der Waals surface area contributed by atoms with Gasteiger partial charge >= 0.3 is 0 Å². The minimum absolute atomic E-state index is 0.125. The second-order valence-corrected chi connectivity index (χ2v) is 8.59. The van der Waals surface area contributed by atoms with Crippen molar-refractivity contribution in [3.63, 3.8) is 0 Å². The molecule has 2 aliphatic heterocycles. The van der Waals surface area contributed by atoms with E-state index in [9.17, 15) is 14.4 Å². The average Bonchev–Trinajstić information content (AvgIpc) is 3.42. The van der Waals surface area contributed by atoms with Crippen LogP contribution in [0.5, 0.6) is 11.5 Å². The molecule has 11 heteroatoms. The summed E-state index contributed by atoms with van der Waals surface area (Å²) in [5.41, 5.74) is 5.62. The molecule has 1 saturated heterocycles. The van der Waals surface area contributed by atoms with E-state index in [1.54, 1.807) is 41.8 Å². The molecule has 10 nitrogen and oxygen atoms in total. The Morgan fingerprint density at radius 2 is 1.57 bits per heavy atom. The topological polar surface area (TPSA) is 119 Å². The van der Waals surface area contributed by atoms with Crippen molar-refractivity contribution in [2.45, 2.75) is 0 Å². The van der Waals surface area contributed by atoms with Crippen molar-refractivity contribution in [1.82, 2.24) is 15.8 Å². The molecule has 2 aliphatic rings. The number of nitrogens with one attached hydrogen (secondary N) is 2. The molecule has 2 amide bonds. The van der Waals surface area contributed by atoms with Crippen LogP contribution in [0.3, 0.4) is 0 Å². The fourth-order valence-electron chi connectivity index (χ4n) is 3.73. The standard InChI is InChI=1S/C24H22N4O6S/c29-21(15-5-6-19-20(13-15)34-12-11-33-19)16-3-1-2-4-17(16)22(30)26-27-23(31)18-14-35-24(25-18)28-7-9-32-10-8-28/h1-6,13-14H,7-12H2,(H,26,30)(H,27,31). The van der Waals surface area contributed by atoms with Crippen molar-refractivity contribution in [2.24, 2.45) is 0 Å². The average molecular weight is 495 g/mol. The van der Waals surface area contributed by atoms with E-state index >= 15 is 0 Å². The maximum atomic E-state index is 13.2. The van der Waals surface area contributed by atoms with Gasteiger partial charge in [-0.2, -0.15) is 0 Å². The summed E-state index contributed by atoms with van der Waals surface area (Å²) in [6.45, 7) is 3.49. The molecular formula is C24H22N4O6S. The van der Waals surface area contributed by atoms with Gasteiger partial charge in [-0.05, 0) is 24.3 Å². The van der Waals surface area contributed by atoms with Crippen molar-refractivity contribution in [3.05, 3.63) is 70.2 Å². The second-order valence-electron chi connectivity index (χ2n) is 7.76. The maximum absolute atomic E-state index is 13.2. The largest absolute Gasteiger partial charge is 0.486 e. The Morgan fingerprint density at radius 3 is 2.37 bits per heavy atom. The third-order valence-corrected chi connectivity index (χ3v) is 6.42. The predicted molar refractivity (Wildman–Crippen MR) is 127 cm³/mol. The number of hydrazine groups is 1. The highest BCUT2D eigenvalue weighted by Gasteiger charge is 2.22. The number of rotatable bonds is 5. The Kier molecular flexibility index (Phi) is 6.59. The van der Waals surface area contributed by atoms with Crippen molar-refractivity contribution >= 4 is 34.1 Å². The molecular weight excluding hydrogens is 472 g/mol. The van der Waals surface area contributed by atoms with Crippen molar-refractivity contribution < 1.29 is 28.6 Å². The molecule has 3 aromatic rings. The number of aromatic nitrogens is 1. The van der Waals surface area contributed by atoms with Gasteiger partial charge in [0.05, 0.1) is 18.8 Å². The number of carbonyl (C=O) groups excluding carboxylic acids is 3. The number of nitrogens with zero attached hydrogens (tertiary/aromatic N) is 2. The lowest BCUT2D eigenvalue weighted by Gasteiger charge is -2.25. The quantitative estimate of drug-likeness (QED) is 0.409. The van der Waals surface area contributed by atoms with Gasteiger partial charge in [0.15, 0.2) is 22.4 Å². The minimum Gasteiger partial charge on any atom is -0.486 e. The third kappa shape index (κ3) is 4.96. The van der Waals surface area contributed by atoms with E-state index < -0.39 is 11.8 Å². The van der Waals surface area contributed by atoms with Crippen LogP contribution in [0.15, 0.2) is 47.8 Å². The summed E-state index contributed by atoms with van der Waals surface area (Å²) in [7, 11) is 0. The summed E-state index contributed by atoms with van der Waals surface area (Å²) < 4.78 is 16.4. The number of fused-ring (bicyclic) bond motifs is 1. The Labute approximate surface area is 204 Å². The van der Waals surface area contributed by atoms with Gasteiger partial charge in [-0.25, -0.2) is 4.98 Å². The van der Waals surface area contributed by atoms with Gasteiger partial charge in [-0.1, -0.05) is 18.2 Å². The van der Waals surface area contributed by atoms with E-state index in [4.69, 9.17) is 14.2 Å². The van der Waals surface area contributed by atoms with Crippen LogP contribution in [-0.4, -0.2) is 62.1 Å². The van der Waals surface area contributed by atoms with Crippen molar-refractivity contribution in [3.8, 4) is 11.5 Å². The SMILES string of the molecule is O=C(NNC(=O)c1ccccc1C(=O)c1ccc2c(c1)OCCO2)c1csc(N2CCOCC2)n1. The molecule has 0 radical (unpaired) electrons. The van der Waals surface area contributed by atoms with Crippen molar-refractivity contribution in [2.75, 3.05) is 44.4 Å². The van der Waals surface area contributed by atoms with Gasteiger partial charge in [0.25, 0.3) is 11.8 Å². The number of carbonyl (C=O) groups is 3. The van der Waals surface area contributed by atoms with Crippen LogP contribution in [0.4, 0.5) is 5.13 Å². The maximum Gasteiger partial charge on any atom is 0.289 e. The zero-order valence-electron chi connectivity index (χ0n) is 18.6. The second kappa shape index (κ2) is 10.1. The molecule has 180 valence electrons. The molecule has 0 atom stereocenters. The van der Waals surface area contributed by atoms with E-state index in [0.29, 0.717) is 56.6 Å². The van der Waals surface area contributed by atoms with E-state index in [1.165, 1.54) is 17.4 Å². The zero-order valence-corrected chi connectivity index (χ0v) is 19.4. The molecule has 0 bridgehead atoms. The molecule has 1 aromatic heterocycles. The van der Waals surface area contributed by atoms with Crippen LogP contribution >= 0.6 is 11.3 Å². The molecule has 1 fully saturated rings. The molecule has 2 aromatic carbocycles. The van der Waals surface area contributed by atoms with Crippen LogP contribution < -0.4 is 25.2 Å². The first-order valence-electron chi connectivity index (χ1n) is 11.0. The fourth-order valence-corrected chi connectivity index (χ4v) is 4.59. The van der Waals surface area contributed by atoms with E-state index in [-0.39, 0.29) is 22.6 Å². The van der Waals surface area contributed by atoms with Gasteiger partial charge < -0.3 is 19.1 Å². The van der Waals surface area contributed by atoms with Crippen LogP contribution in [0.25, 0.3) is 0 Å². The first kappa shape index (κ1) is 22.8. The van der Waals surface area contributed by atoms with Crippen LogP contribution in [0.2, 0.25) is 0 Å². The highest BCUT2D eigenvalue weighted by molar-refractivity contribution is 7.13. The number of anilines is 1. The zero-order chi connectivity index (χ0) is 24.2. The molecule has 0 unspecified atom stereocenters. The summed E-state index contributed by atoms with van der Waals surface area (Å²) >= 11 is 1.35. The summed E-state index contributed by atoms with van der Waals surface area (Å²) in [6.07, 6.45) is 0.